The summed E-state index contributed by atoms with van der Waals surface area (Å²) in [5, 5.41) is 2.80. The SMILES string of the molecule is CCOc1ccccc1CNC(=O)[C@H]1CN(S(C)(=O)=O)c2ccccc2O1. The second-order valence-corrected chi connectivity index (χ2v) is 8.03. The van der Waals surface area contributed by atoms with Crippen molar-refractivity contribution in [2.24, 2.45) is 0 Å². The van der Waals surface area contributed by atoms with Crippen molar-refractivity contribution < 1.29 is 22.7 Å². The van der Waals surface area contributed by atoms with E-state index in [9.17, 15) is 13.2 Å². The van der Waals surface area contributed by atoms with E-state index in [-0.39, 0.29) is 19.0 Å². The number of hydrogen-bond donors (Lipinski definition) is 1. The average molecular weight is 390 g/mol. The van der Waals surface area contributed by atoms with E-state index in [4.69, 9.17) is 9.47 Å². The average Bonchev–Trinajstić information content (AvgIpc) is 2.65. The number of carbonyl (C=O) groups is 1. The molecule has 8 heteroatoms. The van der Waals surface area contributed by atoms with Gasteiger partial charge in [0.05, 0.1) is 25.1 Å². The van der Waals surface area contributed by atoms with Crippen LogP contribution in [0.25, 0.3) is 0 Å². The van der Waals surface area contributed by atoms with Gasteiger partial charge in [0.25, 0.3) is 5.91 Å². The number of para-hydroxylation sites is 3. The molecule has 1 aliphatic heterocycles. The van der Waals surface area contributed by atoms with Gasteiger partial charge in [0.2, 0.25) is 10.0 Å². The summed E-state index contributed by atoms with van der Waals surface area (Å²) < 4.78 is 36.8. The van der Waals surface area contributed by atoms with E-state index in [0.717, 1.165) is 11.8 Å². The number of amides is 1. The predicted molar refractivity (Wildman–Crippen MR) is 103 cm³/mol. The molecule has 0 saturated carbocycles. The molecule has 0 aromatic heterocycles. The van der Waals surface area contributed by atoms with Gasteiger partial charge in [-0.1, -0.05) is 30.3 Å². The first-order valence-corrected chi connectivity index (χ1v) is 10.5. The number of ether oxygens (including phenoxy) is 2. The lowest BCUT2D eigenvalue weighted by Crippen LogP contribution is -2.50. The molecule has 2 aromatic carbocycles. The van der Waals surface area contributed by atoms with E-state index in [1.54, 1.807) is 24.3 Å². The van der Waals surface area contributed by atoms with Crippen molar-refractivity contribution >= 4 is 21.6 Å². The standard InChI is InChI=1S/C19H22N2O5S/c1-3-25-16-10-6-4-8-14(16)12-20-19(22)18-13-21(27(2,23)24)15-9-5-7-11-17(15)26-18/h4-11,18H,3,12-13H2,1-2H3,(H,20,22)/t18-/m1/s1. The minimum Gasteiger partial charge on any atom is -0.494 e. The molecular formula is C19H22N2O5S. The molecule has 1 amide bonds. The number of hydrogen-bond acceptors (Lipinski definition) is 5. The maximum Gasteiger partial charge on any atom is 0.263 e. The normalized spacial score (nSPS) is 16.2. The van der Waals surface area contributed by atoms with E-state index in [1.165, 1.54) is 4.31 Å². The molecule has 2 aromatic rings. The highest BCUT2D eigenvalue weighted by Crippen LogP contribution is 2.34. The van der Waals surface area contributed by atoms with Gasteiger partial charge in [-0.05, 0) is 25.1 Å². The Morgan fingerprint density at radius 3 is 2.67 bits per heavy atom. The van der Waals surface area contributed by atoms with Gasteiger partial charge < -0.3 is 14.8 Å². The Bertz CT molecular complexity index is 929. The summed E-state index contributed by atoms with van der Waals surface area (Å²) in [5.41, 5.74) is 1.27. The first-order valence-electron chi connectivity index (χ1n) is 8.62. The van der Waals surface area contributed by atoms with Gasteiger partial charge in [0.1, 0.15) is 11.5 Å². The van der Waals surface area contributed by atoms with Crippen molar-refractivity contribution in [3.63, 3.8) is 0 Å². The lowest BCUT2D eigenvalue weighted by molar-refractivity contribution is -0.127. The molecule has 144 valence electrons. The van der Waals surface area contributed by atoms with E-state index in [2.05, 4.69) is 5.32 Å². The van der Waals surface area contributed by atoms with Gasteiger partial charge in [-0.25, -0.2) is 8.42 Å². The zero-order valence-corrected chi connectivity index (χ0v) is 16.0. The molecule has 1 aliphatic rings. The summed E-state index contributed by atoms with van der Waals surface area (Å²) in [6, 6.07) is 14.2. The van der Waals surface area contributed by atoms with Crippen LogP contribution in [0.3, 0.4) is 0 Å². The minimum atomic E-state index is -3.53. The molecule has 1 atom stereocenters. The van der Waals surface area contributed by atoms with Crippen molar-refractivity contribution in [2.45, 2.75) is 19.6 Å². The highest BCUT2D eigenvalue weighted by molar-refractivity contribution is 7.92. The third kappa shape index (κ3) is 4.33. The summed E-state index contributed by atoms with van der Waals surface area (Å²) in [7, 11) is -3.53. The topological polar surface area (TPSA) is 84.9 Å². The molecule has 0 radical (unpaired) electrons. The Balaban J connectivity index is 1.75. The molecule has 0 saturated heterocycles. The van der Waals surface area contributed by atoms with Gasteiger partial charge in [-0.15, -0.1) is 0 Å². The van der Waals surface area contributed by atoms with E-state index in [0.29, 0.717) is 23.8 Å². The largest absolute Gasteiger partial charge is 0.494 e. The molecule has 0 fully saturated rings. The number of anilines is 1. The van der Waals surface area contributed by atoms with Gasteiger partial charge >= 0.3 is 0 Å². The number of carbonyl (C=O) groups excluding carboxylic acids is 1. The van der Waals surface area contributed by atoms with Crippen LogP contribution in [0.4, 0.5) is 5.69 Å². The van der Waals surface area contributed by atoms with E-state index < -0.39 is 16.1 Å². The van der Waals surface area contributed by atoms with Crippen molar-refractivity contribution in [1.82, 2.24) is 5.32 Å². The van der Waals surface area contributed by atoms with E-state index >= 15 is 0 Å². The molecule has 7 nitrogen and oxygen atoms in total. The number of rotatable bonds is 6. The number of fused-ring (bicyclic) bond motifs is 1. The van der Waals surface area contributed by atoms with Crippen LogP contribution in [0.1, 0.15) is 12.5 Å². The fourth-order valence-corrected chi connectivity index (χ4v) is 3.81. The molecule has 0 aliphatic carbocycles. The highest BCUT2D eigenvalue weighted by atomic mass is 32.2. The van der Waals surface area contributed by atoms with E-state index in [1.807, 2.05) is 31.2 Å². The zero-order valence-electron chi connectivity index (χ0n) is 15.2. The zero-order chi connectivity index (χ0) is 19.4. The lowest BCUT2D eigenvalue weighted by atomic mass is 10.2. The predicted octanol–water partition coefficient (Wildman–Crippen LogP) is 1.93. The Hall–Kier alpha value is -2.74. The second kappa shape index (κ2) is 7.87. The van der Waals surface area contributed by atoms with Gasteiger partial charge in [0.15, 0.2) is 6.10 Å². The number of sulfonamides is 1. The Morgan fingerprint density at radius 1 is 1.22 bits per heavy atom. The van der Waals surface area contributed by atoms with Crippen LogP contribution in [0, 0.1) is 0 Å². The highest BCUT2D eigenvalue weighted by Gasteiger charge is 2.34. The van der Waals surface area contributed by atoms with Crippen LogP contribution in [-0.4, -0.2) is 39.8 Å². The van der Waals surface area contributed by atoms with Crippen LogP contribution in [0.2, 0.25) is 0 Å². The summed E-state index contributed by atoms with van der Waals surface area (Å²) in [6.45, 7) is 2.60. The van der Waals surface area contributed by atoms with Gasteiger partial charge in [-0.2, -0.15) is 0 Å². The first-order chi connectivity index (χ1) is 12.9. The van der Waals surface area contributed by atoms with Crippen molar-refractivity contribution in [3.8, 4) is 11.5 Å². The maximum absolute atomic E-state index is 12.6. The maximum atomic E-state index is 12.6. The molecule has 0 spiro atoms. The first kappa shape index (κ1) is 19.0. The van der Waals surface area contributed by atoms with Crippen LogP contribution in [0.15, 0.2) is 48.5 Å². The molecule has 0 bridgehead atoms. The summed E-state index contributed by atoms with van der Waals surface area (Å²) in [5.74, 6) is 0.682. The molecule has 1 heterocycles. The second-order valence-electron chi connectivity index (χ2n) is 6.13. The summed E-state index contributed by atoms with van der Waals surface area (Å²) >= 11 is 0. The van der Waals surface area contributed by atoms with Crippen molar-refractivity contribution in [2.75, 3.05) is 23.7 Å². The van der Waals surface area contributed by atoms with Crippen LogP contribution < -0.4 is 19.1 Å². The van der Waals surface area contributed by atoms with Crippen LogP contribution >= 0.6 is 0 Å². The van der Waals surface area contributed by atoms with Crippen molar-refractivity contribution in [3.05, 3.63) is 54.1 Å². The number of benzene rings is 2. The summed E-state index contributed by atoms with van der Waals surface area (Å²) in [6.07, 6.45) is 0.177. The fourth-order valence-electron chi connectivity index (χ4n) is 2.90. The monoisotopic (exact) mass is 390 g/mol. The molecular weight excluding hydrogens is 368 g/mol. The quantitative estimate of drug-likeness (QED) is 0.815. The third-order valence-corrected chi connectivity index (χ3v) is 5.30. The lowest BCUT2D eigenvalue weighted by Gasteiger charge is -2.33. The number of nitrogens with one attached hydrogen (secondary N) is 1. The Morgan fingerprint density at radius 2 is 1.93 bits per heavy atom. The molecule has 27 heavy (non-hydrogen) atoms. The summed E-state index contributed by atoms with van der Waals surface area (Å²) in [4.78, 5) is 12.6. The van der Waals surface area contributed by atoms with Crippen LogP contribution in [-0.2, 0) is 21.4 Å². The number of nitrogens with zero attached hydrogens (tertiary/aromatic N) is 1. The van der Waals surface area contributed by atoms with Gasteiger partial charge in [0, 0.05) is 12.1 Å². The third-order valence-electron chi connectivity index (χ3n) is 4.15. The molecule has 3 rings (SSSR count). The Kier molecular flexibility index (Phi) is 5.55. The molecule has 0 unspecified atom stereocenters. The Labute approximate surface area is 158 Å². The fraction of sp³-hybridized carbons (Fsp3) is 0.316. The van der Waals surface area contributed by atoms with Crippen molar-refractivity contribution in [1.29, 1.82) is 0 Å². The van der Waals surface area contributed by atoms with Gasteiger partial charge in [-0.3, -0.25) is 9.10 Å². The molecule has 1 N–H and O–H groups in total. The smallest absolute Gasteiger partial charge is 0.263 e. The van der Waals surface area contributed by atoms with Crippen LogP contribution in [0.5, 0.6) is 11.5 Å². The minimum absolute atomic E-state index is 0.0746.